The number of amides is 1. The SMILES string of the molecule is COc1ccc(C(NC(=O)c2oc3ccc(F)cc3c2C)c2nccn2C)cc1. The van der Waals surface area contributed by atoms with Crippen molar-refractivity contribution in [3.8, 4) is 5.75 Å². The van der Waals surface area contributed by atoms with Gasteiger partial charge in [-0.3, -0.25) is 4.79 Å². The van der Waals surface area contributed by atoms with Crippen molar-refractivity contribution in [1.29, 1.82) is 0 Å². The Morgan fingerprint density at radius 1 is 1.24 bits per heavy atom. The van der Waals surface area contributed by atoms with Crippen molar-refractivity contribution in [2.45, 2.75) is 13.0 Å². The molecule has 7 heteroatoms. The lowest BCUT2D eigenvalue weighted by molar-refractivity contribution is 0.0914. The van der Waals surface area contributed by atoms with Crippen LogP contribution >= 0.6 is 0 Å². The van der Waals surface area contributed by atoms with Gasteiger partial charge in [0.15, 0.2) is 5.76 Å². The van der Waals surface area contributed by atoms with Crippen LogP contribution in [0.15, 0.2) is 59.3 Å². The lowest BCUT2D eigenvalue weighted by atomic mass is 10.1. The predicted octanol–water partition coefficient (Wildman–Crippen LogP) is 4.14. The van der Waals surface area contributed by atoms with Gasteiger partial charge in [0.05, 0.1) is 7.11 Å². The molecule has 0 aliphatic rings. The van der Waals surface area contributed by atoms with Gasteiger partial charge in [-0.25, -0.2) is 9.37 Å². The molecule has 0 bridgehead atoms. The first-order chi connectivity index (χ1) is 14.0. The molecule has 148 valence electrons. The fourth-order valence-corrected chi connectivity index (χ4v) is 3.35. The Morgan fingerprint density at radius 2 is 2.00 bits per heavy atom. The molecule has 2 aromatic heterocycles. The van der Waals surface area contributed by atoms with Crippen LogP contribution in [0.1, 0.15) is 33.5 Å². The van der Waals surface area contributed by atoms with Crippen LogP contribution in [0, 0.1) is 12.7 Å². The minimum Gasteiger partial charge on any atom is -0.497 e. The van der Waals surface area contributed by atoms with Crippen LogP contribution < -0.4 is 10.1 Å². The molecule has 1 unspecified atom stereocenters. The average molecular weight is 393 g/mol. The number of aryl methyl sites for hydroxylation is 2. The quantitative estimate of drug-likeness (QED) is 0.553. The first-order valence-electron chi connectivity index (χ1n) is 9.08. The molecule has 29 heavy (non-hydrogen) atoms. The third-order valence-corrected chi connectivity index (χ3v) is 4.95. The van der Waals surface area contributed by atoms with Crippen molar-refractivity contribution in [1.82, 2.24) is 14.9 Å². The summed E-state index contributed by atoms with van der Waals surface area (Å²) in [6.45, 7) is 1.74. The molecule has 1 atom stereocenters. The number of nitrogens with one attached hydrogen (secondary N) is 1. The van der Waals surface area contributed by atoms with E-state index in [0.717, 1.165) is 5.56 Å². The number of ether oxygens (including phenoxy) is 1. The van der Waals surface area contributed by atoms with Gasteiger partial charge in [0.1, 0.15) is 29.0 Å². The van der Waals surface area contributed by atoms with Crippen LogP contribution in [0.4, 0.5) is 4.39 Å². The fraction of sp³-hybridized carbons (Fsp3) is 0.182. The molecule has 1 amide bonds. The molecule has 4 aromatic rings. The van der Waals surface area contributed by atoms with Crippen molar-refractivity contribution >= 4 is 16.9 Å². The molecule has 0 aliphatic carbocycles. The maximum absolute atomic E-state index is 13.6. The molecule has 2 aromatic carbocycles. The molecule has 0 fully saturated rings. The standard InChI is InChI=1S/C22H20FN3O3/c1-13-17-12-15(23)6-9-18(17)29-20(13)22(27)25-19(21-24-10-11-26(21)2)14-4-7-16(28-3)8-5-14/h4-12,19H,1-3H3,(H,25,27). The summed E-state index contributed by atoms with van der Waals surface area (Å²) in [5.74, 6) is 0.760. The number of halogens is 1. The van der Waals surface area contributed by atoms with E-state index in [9.17, 15) is 9.18 Å². The number of fused-ring (bicyclic) bond motifs is 1. The number of furan rings is 1. The minimum absolute atomic E-state index is 0.151. The van der Waals surface area contributed by atoms with Gasteiger partial charge in [-0.05, 0) is 42.8 Å². The van der Waals surface area contributed by atoms with E-state index in [1.165, 1.54) is 18.2 Å². The minimum atomic E-state index is -0.502. The summed E-state index contributed by atoms with van der Waals surface area (Å²) >= 11 is 0. The maximum atomic E-state index is 13.6. The highest BCUT2D eigenvalue weighted by molar-refractivity contribution is 5.99. The smallest absolute Gasteiger partial charge is 0.288 e. The van der Waals surface area contributed by atoms with Crippen LogP contribution in [0.25, 0.3) is 11.0 Å². The molecule has 0 aliphatic heterocycles. The largest absolute Gasteiger partial charge is 0.497 e. The van der Waals surface area contributed by atoms with E-state index in [2.05, 4.69) is 10.3 Å². The van der Waals surface area contributed by atoms with E-state index in [0.29, 0.717) is 28.1 Å². The Morgan fingerprint density at radius 3 is 2.66 bits per heavy atom. The van der Waals surface area contributed by atoms with Crippen molar-refractivity contribution < 1.29 is 18.3 Å². The van der Waals surface area contributed by atoms with Crippen molar-refractivity contribution in [2.24, 2.45) is 7.05 Å². The van der Waals surface area contributed by atoms with Crippen LogP contribution in [0.2, 0.25) is 0 Å². The number of carbonyl (C=O) groups is 1. The summed E-state index contributed by atoms with van der Waals surface area (Å²) in [6, 6.07) is 11.1. The Kier molecular flexibility index (Phi) is 4.80. The number of carbonyl (C=O) groups excluding carboxylic acids is 1. The predicted molar refractivity (Wildman–Crippen MR) is 106 cm³/mol. The first-order valence-corrected chi connectivity index (χ1v) is 9.08. The number of hydrogen-bond donors (Lipinski definition) is 1. The first kappa shape index (κ1) is 18.7. The van der Waals surface area contributed by atoms with Gasteiger partial charge in [0.2, 0.25) is 0 Å². The van der Waals surface area contributed by atoms with Crippen molar-refractivity contribution in [3.05, 3.63) is 83.4 Å². The highest BCUT2D eigenvalue weighted by atomic mass is 19.1. The highest BCUT2D eigenvalue weighted by Crippen LogP contribution is 2.28. The van der Waals surface area contributed by atoms with Gasteiger partial charge >= 0.3 is 0 Å². The second kappa shape index (κ2) is 7.43. The number of hydrogen-bond acceptors (Lipinski definition) is 4. The zero-order valence-corrected chi connectivity index (χ0v) is 16.3. The zero-order valence-electron chi connectivity index (χ0n) is 16.3. The van der Waals surface area contributed by atoms with Crippen molar-refractivity contribution in [3.63, 3.8) is 0 Å². The summed E-state index contributed by atoms with van der Waals surface area (Å²) in [4.78, 5) is 17.5. The number of aromatic nitrogens is 2. The Balaban J connectivity index is 1.71. The van der Waals surface area contributed by atoms with Gasteiger partial charge in [-0.1, -0.05) is 12.1 Å². The highest BCUT2D eigenvalue weighted by Gasteiger charge is 2.25. The van der Waals surface area contributed by atoms with Gasteiger partial charge in [0.25, 0.3) is 5.91 Å². The number of imidazole rings is 1. The topological polar surface area (TPSA) is 69.3 Å². The molecule has 0 radical (unpaired) electrons. The molecular formula is C22H20FN3O3. The van der Waals surface area contributed by atoms with Crippen LogP contribution in [0.3, 0.4) is 0 Å². The number of nitrogens with zero attached hydrogens (tertiary/aromatic N) is 2. The molecule has 1 N–H and O–H groups in total. The van der Waals surface area contributed by atoms with Gasteiger partial charge in [-0.15, -0.1) is 0 Å². The second-order valence-corrected chi connectivity index (χ2v) is 6.77. The normalized spacial score (nSPS) is 12.1. The van der Waals surface area contributed by atoms with E-state index in [1.807, 2.05) is 42.1 Å². The van der Waals surface area contributed by atoms with E-state index >= 15 is 0 Å². The molecule has 0 spiro atoms. The monoisotopic (exact) mass is 393 g/mol. The van der Waals surface area contributed by atoms with Crippen molar-refractivity contribution in [2.75, 3.05) is 7.11 Å². The van der Waals surface area contributed by atoms with E-state index in [1.54, 1.807) is 20.2 Å². The van der Waals surface area contributed by atoms with Crippen LogP contribution in [-0.4, -0.2) is 22.6 Å². The second-order valence-electron chi connectivity index (χ2n) is 6.77. The third-order valence-electron chi connectivity index (χ3n) is 4.95. The Hall–Kier alpha value is -3.61. The van der Waals surface area contributed by atoms with E-state index in [-0.39, 0.29) is 11.6 Å². The summed E-state index contributed by atoms with van der Waals surface area (Å²) in [7, 11) is 3.46. The number of benzene rings is 2. The molecular weight excluding hydrogens is 373 g/mol. The Labute approximate surface area is 166 Å². The number of rotatable bonds is 5. The molecule has 6 nitrogen and oxygen atoms in total. The van der Waals surface area contributed by atoms with Gasteiger partial charge in [0, 0.05) is 30.4 Å². The van der Waals surface area contributed by atoms with Gasteiger partial charge < -0.3 is 19.0 Å². The fourth-order valence-electron chi connectivity index (χ4n) is 3.35. The summed E-state index contributed by atoms with van der Waals surface area (Å²) in [5.41, 5.74) is 1.89. The Bertz CT molecular complexity index is 1180. The average Bonchev–Trinajstić information content (AvgIpc) is 3.29. The van der Waals surface area contributed by atoms with E-state index in [4.69, 9.17) is 9.15 Å². The third kappa shape index (κ3) is 3.47. The maximum Gasteiger partial charge on any atom is 0.288 e. The zero-order chi connectivity index (χ0) is 20.5. The molecule has 2 heterocycles. The summed E-state index contributed by atoms with van der Waals surface area (Å²) in [5, 5.41) is 3.57. The lowest BCUT2D eigenvalue weighted by Crippen LogP contribution is -2.31. The summed E-state index contributed by atoms with van der Waals surface area (Å²) < 4.78 is 26.4. The number of methoxy groups -OCH3 is 1. The van der Waals surface area contributed by atoms with Gasteiger partial charge in [-0.2, -0.15) is 0 Å². The van der Waals surface area contributed by atoms with E-state index < -0.39 is 11.9 Å². The lowest BCUT2D eigenvalue weighted by Gasteiger charge is -2.19. The molecule has 0 saturated heterocycles. The van der Waals surface area contributed by atoms with Crippen LogP contribution in [0.5, 0.6) is 5.75 Å². The summed E-state index contributed by atoms with van der Waals surface area (Å²) in [6.07, 6.45) is 3.49. The van der Waals surface area contributed by atoms with Crippen LogP contribution in [-0.2, 0) is 7.05 Å². The molecule has 0 saturated carbocycles. The molecule has 4 rings (SSSR count).